The Bertz CT molecular complexity index is 584. The van der Waals surface area contributed by atoms with Gasteiger partial charge in [-0.25, -0.2) is 0 Å². The Labute approximate surface area is 94.5 Å². The quantitative estimate of drug-likeness (QED) is 0.823. The highest BCUT2D eigenvalue weighted by atomic mass is 16.1. The number of para-hydroxylation sites is 1. The molecule has 0 unspecified atom stereocenters. The van der Waals surface area contributed by atoms with Crippen LogP contribution in [0.4, 0.5) is 0 Å². The summed E-state index contributed by atoms with van der Waals surface area (Å²) < 4.78 is 1.70. The first-order valence-corrected chi connectivity index (χ1v) is 5.44. The van der Waals surface area contributed by atoms with Crippen LogP contribution in [0.3, 0.4) is 0 Å². The molecule has 0 aliphatic carbocycles. The fourth-order valence-electron chi connectivity index (χ4n) is 2.16. The van der Waals surface area contributed by atoms with Crippen LogP contribution in [-0.4, -0.2) is 11.1 Å². The molecule has 2 aromatic rings. The maximum atomic E-state index is 12.1. The lowest BCUT2D eigenvalue weighted by Gasteiger charge is -2.12. The third kappa shape index (κ3) is 1.53. The van der Waals surface area contributed by atoms with Gasteiger partial charge in [-0.3, -0.25) is 4.79 Å². The van der Waals surface area contributed by atoms with Crippen molar-refractivity contribution in [1.82, 2.24) is 4.57 Å². The Morgan fingerprint density at radius 3 is 2.69 bits per heavy atom. The molecule has 0 bridgehead atoms. The van der Waals surface area contributed by atoms with Gasteiger partial charge in [-0.05, 0) is 31.5 Å². The number of fused-ring (bicyclic) bond motifs is 1. The van der Waals surface area contributed by atoms with Crippen LogP contribution in [0.2, 0.25) is 0 Å². The largest absolute Gasteiger partial charge is 0.330 e. The molecule has 0 amide bonds. The molecular formula is C13H16N2O. The zero-order valence-corrected chi connectivity index (χ0v) is 9.66. The standard InChI is InChI=1S/C13H16N2O/c1-9-10-5-3-4-6-12(10)15(2)13(16)11(9)7-8-14/h3-6H,7-8,14H2,1-2H3. The average Bonchev–Trinajstić information content (AvgIpc) is 2.32. The highest BCUT2D eigenvalue weighted by molar-refractivity contribution is 5.83. The van der Waals surface area contributed by atoms with Gasteiger partial charge in [0.15, 0.2) is 0 Å². The molecule has 0 aliphatic rings. The van der Waals surface area contributed by atoms with Gasteiger partial charge >= 0.3 is 0 Å². The van der Waals surface area contributed by atoms with Gasteiger partial charge in [-0.2, -0.15) is 0 Å². The molecule has 1 heterocycles. The van der Waals surface area contributed by atoms with E-state index >= 15 is 0 Å². The SMILES string of the molecule is Cc1c(CCN)c(=O)n(C)c2ccccc12. The fourth-order valence-corrected chi connectivity index (χ4v) is 2.16. The van der Waals surface area contributed by atoms with Crippen LogP contribution < -0.4 is 11.3 Å². The summed E-state index contributed by atoms with van der Waals surface area (Å²) in [5.74, 6) is 0. The van der Waals surface area contributed by atoms with Gasteiger partial charge in [0.1, 0.15) is 0 Å². The van der Waals surface area contributed by atoms with E-state index < -0.39 is 0 Å². The van der Waals surface area contributed by atoms with Crippen molar-refractivity contribution in [2.75, 3.05) is 6.54 Å². The van der Waals surface area contributed by atoms with Crippen LogP contribution in [0.15, 0.2) is 29.1 Å². The number of hydrogen-bond donors (Lipinski definition) is 1. The van der Waals surface area contributed by atoms with E-state index in [1.165, 1.54) is 0 Å². The second-order valence-electron chi connectivity index (χ2n) is 4.02. The maximum absolute atomic E-state index is 12.1. The summed E-state index contributed by atoms with van der Waals surface area (Å²) in [5.41, 5.74) is 8.49. The van der Waals surface area contributed by atoms with E-state index in [-0.39, 0.29) is 5.56 Å². The van der Waals surface area contributed by atoms with Gasteiger partial charge in [-0.15, -0.1) is 0 Å². The lowest BCUT2D eigenvalue weighted by atomic mass is 10.0. The summed E-state index contributed by atoms with van der Waals surface area (Å²) >= 11 is 0. The molecule has 0 atom stereocenters. The number of aryl methyl sites for hydroxylation is 2. The van der Waals surface area contributed by atoms with Crippen molar-refractivity contribution >= 4 is 10.9 Å². The highest BCUT2D eigenvalue weighted by Crippen LogP contribution is 2.18. The normalized spacial score (nSPS) is 10.9. The van der Waals surface area contributed by atoms with E-state index in [4.69, 9.17) is 5.73 Å². The molecule has 0 saturated carbocycles. The van der Waals surface area contributed by atoms with Crippen LogP contribution in [-0.2, 0) is 13.5 Å². The predicted octanol–water partition coefficient (Wildman–Crippen LogP) is 1.35. The van der Waals surface area contributed by atoms with Crippen molar-refractivity contribution in [3.05, 3.63) is 45.7 Å². The summed E-state index contributed by atoms with van der Waals surface area (Å²) in [6.07, 6.45) is 0.642. The van der Waals surface area contributed by atoms with Crippen LogP contribution in [0.5, 0.6) is 0 Å². The predicted molar refractivity (Wildman–Crippen MR) is 66.7 cm³/mol. The summed E-state index contributed by atoms with van der Waals surface area (Å²) in [5, 5.41) is 1.13. The van der Waals surface area contributed by atoms with Gasteiger partial charge < -0.3 is 10.3 Å². The molecule has 0 fully saturated rings. The smallest absolute Gasteiger partial charge is 0.254 e. The van der Waals surface area contributed by atoms with Crippen molar-refractivity contribution in [3.8, 4) is 0 Å². The molecule has 0 saturated heterocycles. The zero-order chi connectivity index (χ0) is 11.7. The van der Waals surface area contributed by atoms with Crippen molar-refractivity contribution in [2.45, 2.75) is 13.3 Å². The Morgan fingerprint density at radius 1 is 1.31 bits per heavy atom. The number of pyridine rings is 1. The number of nitrogens with zero attached hydrogens (tertiary/aromatic N) is 1. The van der Waals surface area contributed by atoms with Crippen molar-refractivity contribution in [3.63, 3.8) is 0 Å². The molecule has 2 N–H and O–H groups in total. The molecule has 1 aromatic heterocycles. The second-order valence-corrected chi connectivity index (χ2v) is 4.02. The molecule has 0 spiro atoms. The first kappa shape index (κ1) is 10.9. The summed E-state index contributed by atoms with van der Waals surface area (Å²) in [6, 6.07) is 7.95. The van der Waals surface area contributed by atoms with Crippen molar-refractivity contribution < 1.29 is 0 Å². The molecule has 0 radical (unpaired) electrons. The van der Waals surface area contributed by atoms with Gasteiger partial charge in [0.2, 0.25) is 0 Å². The highest BCUT2D eigenvalue weighted by Gasteiger charge is 2.10. The summed E-state index contributed by atoms with van der Waals surface area (Å²) in [7, 11) is 1.81. The number of benzene rings is 1. The number of aromatic nitrogens is 1. The Balaban J connectivity index is 2.89. The van der Waals surface area contributed by atoms with E-state index in [9.17, 15) is 4.79 Å². The minimum atomic E-state index is 0.0710. The zero-order valence-electron chi connectivity index (χ0n) is 9.66. The van der Waals surface area contributed by atoms with E-state index in [1.54, 1.807) is 4.57 Å². The molecule has 2 rings (SSSR count). The minimum Gasteiger partial charge on any atom is -0.330 e. The van der Waals surface area contributed by atoms with Crippen LogP contribution in [0.1, 0.15) is 11.1 Å². The third-order valence-electron chi connectivity index (χ3n) is 3.08. The summed E-state index contributed by atoms with van der Waals surface area (Å²) in [6.45, 7) is 2.50. The second kappa shape index (κ2) is 4.10. The monoisotopic (exact) mass is 216 g/mol. The average molecular weight is 216 g/mol. The lowest BCUT2D eigenvalue weighted by molar-refractivity contribution is 0.849. The van der Waals surface area contributed by atoms with Gasteiger partial charge in [0.25, 0.3) is 5.56 Å². The van der Waals surface area contributed by atoms with Crippen LogP contribution >= 0.6 is 0 Å². The number of nitrogens with two attached hydrogens (primary N) is 1. The molecule has 3 heteroatoms. The number of rotatable bonds is 2. The molecular weight excluding hydrogens is 200 g/mol. The van der Waals surface area contributed by atoms with E-state index in [1.807, 2.05) is 38.2 Å². The van der Waals surface area contributed by atoms with E-state index in [2.05, 4.69) is 0 Å². The van der Waals surface area contributed by atoms with Gasteiger partial charge in [0.05, 0.1) is 5.52 Å². The van der Waals surface area contributed by atoms with Crippen LogP contribution in [0, 0.1) is 6.92 Å². The molecule has 1 aromatic carbocycles. The molecule has 84 valence electrons. The van der Waals surface area contributed by atoms with Gasteiger partial charge in [-0.1, -0.05) is 18.2 Å². The lowest BCUT2D eigenvalue weighted by Crippen LogP contribution is -2.24. The fraction of sp³-hybridized carbons (Fsp3) is 0.308. The van der Waals surface area contributed by atoms with E-state index in [0.717, 1.165) is 22.0 Å². The third-order valence-corrected chi connectivity index (χ3v) is 3.08. The molecule has 3 nitrogen and oxygen atoms in total. The van der Waals surface area contributed by atoms with Crippen molar-refractivity contribution in [2.24, 2.45) is 12.8 Å². The topological polar surface area (TPSA) is 48.0 Å². The van der Waals surface area contributed by atoms with Crippen molar-refractivity contribution in [1.29, 1.82) is 0 Å². The Morgan fingerprint density at radius 2 is 2.00 bits per heavy atom. The molecule has 16 heavy (non-hydrogen) atoms. The first-order chi connectivity index (χ1) is 7.66. The Hall–Kier alpha value is -1.61. The van der Waals surface area contributed by atoms with E-state index in [0.29, 0.717) is 13.0 Å². The minimum absolute atomic E-state index is 0.0710. The van der Waals surface area contributed by atoms with Crippen LogP contribution in [0.25, 0.3) is 10.9 Å². The number of hydrogen-bond acceptors (Lipinski definition) is 2. The summed E-state index contributed by atoms with van der Waals surface area (Å²) in [4.78, 5) is 12.1. The maximum Gasteiger partial charge on any atom is 0.254 e. The first-order valence-electron chi connectivity index (χ1n) is 5.44. The Kier molecular flexibility index (Phi) is 2.79. The molecule has 0 aliphatic heterocycles. The van der Waals surface area contributed by atoms with Gasteiger partial charge in [0, 0.05) is 18.0 Å².